The summed E-state index contributed by atoms with van der Waals surface area (Å²) in [4.78, 5) is 17.3. The van der Waals surface area contributed by atoms with Crippen molar-refractivity contribution in [3.63, 3.8) is 0 Å². The number of benzene rings is 3. The summed E-state index contributed by atoms with van der Waals surface area (Å²) in [6.07, 6.45) is 1.12. The van der Waals surface area contributed by atoms with Gasteiger partial charge in [0.15, 0.2) is 0 Å². The van der Waals surface area contributed by atoms with E-state index >= 15 is 0 Å². The van der Waals surface area contributed by atoms with E-state index in [2.05, 4.69) is 75.8 Å². The zero-order valence-corrected chi connectivity index (χ0v) is 19.2. The van der Waals surface area contributed by atoms with Crippen molar-refractivity contribution in [1.29, 1.82) is 0 Å². The van der Waals surface area contributed by atoms with E-state index in [1.807, 2.05) is 0 Å². The second kappa shape index (κ2) is 11.6. The maximum Gasteiger partial charge on any atom is 0.251 e. The molecule has 172 valence electrons. The van der Waals surface area contributed by atoms with E-state index in [0.717, 1.165) is 45.7 Å². The average Bonchev–Trinajstić information content (AvgIpc) is 2.87. The van der Waals surface area contributed by atoms with E-state index in [-0.39, 0.29) is 5.91 Å². The van der Waals surface area contributed by atoms with Gasteiger partial charge in [0, 0.05) is 56.4 Å². The molecule has 0 aliphatic carbocycles. The number of piperazine rings is 1. The molecule has 4 rings (SSSR count). The Morgan fingerprint density at radius 3 is 1.82 bits per heavy atom. The highest BCUT2D eigenvalue weighted by Gasteiger charge is 2.20. The highest BCUT2D eigenvalue weighted by Crippen LogP contribution is 2.28. The van der Waals surface area contributed by atoms with Gasteiger partial charge < -0.3 is 16.0 Å². The summed E-state index contributed by atoms with van der Waals surface area (Å²) in [6.45, 7) is 6.86. The summed E-state index contributed by atoms with van der Waals surface area (Å²) < 4.78 is 0. The number of carbonyl (C=O) groups excluding carboxylic acids is 1. The Morgan fingerprint density at radius 2 is 1.27 bits per heavy atom. The maximum atomic E-state index is 12.3. The van der Waals surface area contributed by atoms with Crippen LogP contribution in [0, 0.1) is 0 Å². The Hall–Kier alpha value is -3.15. The minimum atomic E-state index is -0.0403. The predicted molar refractivity (Wildman–Crippen MR) is 135 cm³/mol. The number of carbonyl (C=O) groups is 1. The molecule has 1 aliphatic rings. The first kappa shape index (κ1) is 23.0. The Labute approximate surface area is 197 Å². The molecule has 33 heavy (non-hydrogen) atoms. The smallest absolute Gasteiger partial charge is 0.251 e. The largest absolute Gasteiger partial charge is 0.399 e. The van der Waals surface area contributed by atoms with Crippen molar-refractivity contribution in [3.8, 4) is 0 Å². The van der Waals surface area contributed by atoms with Gasteiger partial charge in [-0.25, -0.2) is 0 Å². The molecule has 0 unspecified atom stereocenters. The molecule has 3 N–H and O–H groups in total. The van der Waals surface area contributed by atoms with Crippen LogP contribution in [0.5, 0.6) is 0 Å². The molecule has 0 radical (unpaired) electrons. The number of rotatable bonds is 9. The molecule has 5 heteroatoms. The van der Waals surface area contributed by atoms with E-state index in [9.17, 15) is 4.79 Å². The van der Waals surface area contributed by atoms with Crippen molar-refractivity contribution in [2.75, 3.05) is 51.5 Å². The summed E-state index contributed by atoms with van der Waals surface area (Å²) in [5.41, 5.74) is 9.79. The second-order valence-electron chi connectivity index (χ2n) is 8.72. The first-order valence-corrected chi connectivity index (χ1v) is 11.9. The van der Waals surface area contributed by atoms with E-state index in [0.29, 0.717) is 23.7 Å². The van der Waals surface area contributed by atoms with Gasteiger partial charge in [-0.05, 0) is 48.4 Å². The molecule has 3 aromatic carbocycles. The quantitative estimate of drug-likeness (QED) is 0.495. The molecule has 0 aromatic heterocycles. The second-order valence-corrected chi connectivity index (χ2v) is 8.72. The molecule has 0 atom stereocenters. The van der Waals surface area contributed by atoms with Gasteiger partial charge in [-0.2, -0.15) is 0 Å². The molecule has 1 fully saturated rings. The van der Waals surface area contributed by atoms with Crippen molar-refractivity contribution in [2.24, 2.45) is 0 Å². The van der Waals surface area contributed by atoms with Crippen molar-refractivity contribution in [1.82, 2.24) is 15.1 Å². The van der Waals surface area contributed by atoms with Crippen LogP contribution in [-0.4, -0.2) is 61.5 Å². The number of hydrogen-bond donors (Lipinski definition) is 2. The number of nitrogens with zero attached hydrogens (tertiary/aromatic N) is 2. The molecule has 0 spiro atoms. The van der Waals surface area contributed by atoms with Crippen LogP contribution in [0.4, 0.5) is 5.69 Å². The van der Waals surface area contributed by atoms with Crippen LogP contribution >= 0.6 is 0 Å². The highest BCUT2D eigenvalue weighted by molar-refractivity contribution is 5.94. The number of nitrogens with two attached hydrogens (primary N) is 1. The van der Waals surface area contributed by atoms with Crippen LogP contribution in [0.15, 0.2) is 84.9 Å². The van der Waals surface area contributed by atoms with Gasteiger partial charge in [-0.1, -0.05) is 60.7 Å². The average molecular weight is 443 g/mol. The normalized spacial score (nSPS) is 14.9. The third-order valence-corrected chi connectivity index (χ3v) is 6.49. The minimum absolute atomic E-state index is 0.0403. The predicted octanol–water partition coefficient (Wildman–Crippen LogP) is 3.84. The zero-order valence-electron chi connectivity index (χ0n) is 19.2. The van der Waals surface area contributed by atoms with Gasteiger partial charge in [0.1, 0.15) is 0 Å². The van der Waals surface area contributed by atoms with Crippen molar-refractivity contribution in [2.45, 2.75) is 12.3 Å². The lowest BCUT2D eigenvalue weighted by atomic mass is 9.88. The Bertz CT molecular complexity index is 944. The number of amides is 1. The molecule has 1 aliphatic heterocycles. The summed E-state index contributed by atoms with van der Waals surface area (Å²) in [5, 5.41) is 3.02. The Kier molecular flexibility index (Phi) is 8.12. The molecular formula is C28H34N4O. The van der Waals surface area contributed by atoms with E-state index < -0.39 is 0 Å². The van der Waals surface area contributed by atoms with Gasteiger partial charge >= 0.3 is 0 Å². The molecular weight excluding hydrogens is 408 g/mol. The van der Waals surface area contributed by atoms with Crippen molar-refractivity contribution < 1.29 is 4.79 Å². The molecule has 1 saturated heterocycles. The van der Waals surface area contributed by atoms with Crippen LogP contribution in [0.2, 0.25) is 0 Å². The molecule has 0 saturated carbocycles. The standard InChI is InChI=1S/C28H34N4O/c29-26-13-11-25(12-14-26)28(33)30-16-18-32-21-19-31(20-22-32)17-15-27(23-7-3-1-4-8-23)24-9-5-2-6-10-24/h1-14,27H,15-22,29H2,(H,30,33). The molecule has 1 heterocycles. The number of nitrogen functional groups attached to an aromatic ring is 1. The third-order valence-electron chi connectivity index (χ3n) is 6.49. The molecule has 1 amide bonds. The fourth-order valence-corrected chi connectivity index (χ4v) is 4.51. The van der Waals surface area contributed by atoms with E-state index in [1.165, 1.54) is 11.1 Å². The first-order valence-electron chi connectivity index (χ1n) is 11.9. The van der Waals surface area contributed by atoms with Crippen molar-refractivity contribution in [3.05, 3.63) is 102 Å². The Morgan fingerprint density at radius 1 is 0.758 bits per heavy atom. The SMILES string of the molecule is Nc1ccc(C(=O)NCCN2CCN(CCC(c3ccccc3)c3ccccc3)CC2)cc1. The number of hydrogen-bond acceptors (Lipinski definition) is 4. The fourth-order valence-electron chi connectivity index (χ4n) is 4.51. The van der Waals surface area contributed by atoms with Crippen LogP contribution in [-0.2, 0) is 0 Å². The lowest BCUT2D eigenvalue weighted by Gasteiger charge is -2.35. The zero-order chi connectivity index (χ0) is 22.9. The van der Waals surface area contributed by atoms with Crippen LogP contribution in [0.1, 0.15) is 33.8 Å². The van der Waals surface area contributed by atoms with Crippen LogP contribution < -0.4 is 11.1 Å². The Balaban J connectivity index is 1.21. The minimum Gasteiger partial charge on any atom is -0.399 e. The topological polar surface area (TPSA) is 61.6 Å². The molecule has 0 bridgehead atoms. The fraction of sp³-hybridized carbons (Fsp3) is 0.321. The summed E-state index contributed by atoms with van der Waals surface area (Å²) >= 11 is 0. The first-order chi connectivity index (χ1) is 16.2. The summed E-state index contributed by atoms with van der Waals surface area (Å²) in [6, 6.07) is 28.7. The lowest BCUT2D eigenvalue weighted by Crippen LogP contribution is -2.48. The summed E-state index contributed by atoms with van der Waals surface area (Å²) in [7, 11) is 0. The van der Waals surface area contributed by atoms with Gasteiger partial charge in [-0.15, -0.1) is 0 Å². The van der Waals surface area contributed by atoms with Gasteiger partial charge in [0.25, 0.3) is 5.91 Å². The van der Waals surface area contributed by atoms with E-state index in [4.69, 9.17) is 5.73 Å². The highest BCUT2D eigenvalue weighted by atomic mass is 16.1. The number of nitrogens with one attached hydrogen (secondary N) is 1. The van der Waals surface area contributed by atoms with Gasteiger partial charge in [-0.3, -0.25) is 9.69 Å². The van der Waals surface area contributed by atoms with Gasteiger partial charge in [0.2, 0.25) is 0 Å². The number of anilines is 1. The van der Waals surface area contributed by atoms with Crippen molar-refractivity contribution >= 4 is 11.6 Å². The maximum absolute atomic E-state index is 12.3. The summed E-state index contributed by atoms with van der Waals surface area (Å²) in [5.74, 6) is 0.385. The van der Waals surface area contributed by atoms with E-state index in [1.54, 1.807) is 24.3 Å². The monoisotopic (exact) mass is 442 g/mol. The molecule has 5 nitrogen and oxygen atoms in total. The lowest BCUT2D eigenvalue weighted by molar-refractivity contribution is 0.0936. The third kappa shape index (κ3) is 6.67. The molecule has 3 aromatic rings. The van der Waals surface area contributed by atoms with Crippen LogP contribution in [0.3, 0.4) is 0 Å². The van der Waals surface area contributed by atoms with Gasteiger partial charge in [0.05, 0.1) is 0 Å². The van der Waals surface area contributed by atoms with Crippen LogP contribution in [0.25, 0.3) is 0 Å².